The van der Waals surface area contributed by atoms with Crippen LogP contribution in [-0.2, 0) is 37.9 Å². The van der Waals surface area contributed by atoms with Crippen LogP contribution in [0.2, 0.25) is 0 Å². The molecule has 14 nitrogen and oxygen atoms in total. The molecule has 1 saturated carbocycles. The summed E-state index contributed by atoms with van der Waals surface area (Å²) >= 11 is 1.89. The second-order valence-electron chi connectivity index (χ2n) is 10.6. The number of hydrogen-bond acceptors (Lipinski definition) is 13. The number of Topliss-reactive ketones (excluding diaryl/α,β-unsaturated/α-hetero) is 2. The number of allylic oxidation sites excluding steroid dienone is 4. The Morgan fingerprint density at radius 2 is 1.33 bits per heavy atom. The lowest BCUT2D eigenvalue weighted by Crippen LogP contribution is -2.49. The van der Waals surface area contributed by atoms with Crippen molar-refractivity contribution in [2.45, 2.75) is 44.4 Å². The van der Waals surface area contributed by atoms with Crippen molar-refractivity contribution in [3.63, 3.8) is 0 Å². The maximum Gasteiger partial charge on any atom is 0.303 e. The third kappa shape index (κ3) is 11.6. The minimum absolute atomic E-state index is 0.0270. The highest BCUT2D eigenvalue weighted by Crippen LogP contribution is 2.40. The molecule has 0 heterocycles. The first-order valence-electron chi connectivity index (χ1n) is 14.8. The van der Waals surface area contributed by atoms with Crippen molar-refractivity contribution in [3.05, 3.63) is 54.1 Å². The maximum atomic E-state index is 13.3. The summed E-state index contributed by atoms with van der Waals surface area (Å²) in [7, 11) is 0. The van der Waals surface area contributed by atoms with E-state index in [1.807, 2.05) is 45.9 Å². The Hall–Kier alpha value is -3.09. The SMILES string of the molecule is O=C(O)CCCN(CCCSOOO)c1ccc(C2C(=O)C(C3C=CC(=[N+](CCCSOOO)CCCC(=O)O)C=C3)C2=O)cc1. The molecule has 1 fully saturated rings. The zero-order valence-electron chi connectivity index (χ0n) is 25.1. The van der Waals surface area contributed by atoms with E-state index in [0.717, 1.165) is 35.5 Å². The van der Waals surface area contributed by atoms with Gasteiger partial charge in [0.05, 0.1) is 12.3 Å². The van der Waals surface area contributed by atoms with Crippen LogP contribution in [0.25, 0.3) is 0 Å². The monoisotopic (exact) mass is 683 g/mol. The van der Waals surface area contributed by atoms with Gasteiger partial charge in [0.15, 0.2) is 17.3 Å². The van der Waals surface area contributed by atoms with Crippen molar-refractivity contribution >= 4 is 59.0 Å². The van der Waals surface area contributed by atoms with Gasteiger partial charge in [-0.15, -0.1) is 8.67 Å². The van der Waals surface area contributed by atoms with E-state index < -0.39 is 23.8 Å². The molecule has 1 aromatic rings. The molecule has 0 aliphatic heterocycles. The molecular weight excluding hydrogens is 644 g/mol. The van der Waals surface area contributed by atoms with E-state index in [0.29, 0.717) is 68.9 Å². The Bertz CT molecular complexity index is 1240. The summed E-state index contributed by atoms with van der Waals surface area (Å²) in [5, 5.41) is 41.8. The topological polar surface area (TPSA) is 192 Å². The number of hydrogen-bond donors (Lipinski definition) is 4. The third-order valence-electron chi connectivity index (χ3n) is 7.61. The average molecular weight is 684 g/mol. The molecule has 0 spiro atoms. The number of rotatable bonds is 23. The molecule has 0 aromatic heterocycles. The van der Waals surface area contributed by atoms with Crippen molar-refractivity contribution in [1.29, 1.82) is 0 Å². The van der Waals surface area contributed by atoms with E-state index >= 15 is 0 Å². The normalized spacial score (nSPS) is 18.9. The van der Waals surface area contributed by atoms with E-state index in [4.69, 9.17) is 20.7 Å². The fourth-order valence-electron chi connectivity index (χ4n) is 5.42. The second kappa shape index (κ2) is 20.2. The Labute approximate surface area is 274 Å². The quantitative estimate of drug-likeness (QED) is 0.0320. The molecule has 0 bridgehead atoms. The molecule has 0 radical (unpaired) electrons. The van der Waals surface area contributed by atoms with Crippen LogP contribution in [0.15, 0.2) is 48.6 Å². The van der Waals surface area contributed by atoms with Crippen LogP contribution in [0.1, 0.15) is 50.0 Å². The van der Waals surface area contributed by atoms with Gasteiger partial charge >= 0.3 is 11.9 Å². The maximum absolute atomic E-state index is 13.3. The lowest BCUT2D eigenvalue weighted by Gasteiger charge is -2.36. The molecule has 0 unspecified atom stereocenters. The van der Waals surface area contributed by atoms with Gasteiger partial charge in [-0.2, -0.15) is 0 Å². The number of ketones is 2. The fourth-order valence-corrected chi connectivity index (χ4v) is 6.14. The molecule has 0 atom stereocenters. The summed E-state index contributed by atoms with van der Waals surface area (Å²) in [5.41, 5.74) is 2.29. The van der Waals surface area contributed by atoms with Crippen LogP contribution in [0.5, 0.6) is 0 Å². The first-order valence-corrected chi connectivity index (χ1v) is 16.6. The lowest BCUT2D eigenvalue weighted by molar-refractivity contribution is -0.526. The van der Waals surface area contributed by atoms with Gasteiger partial charge in [0.2, 0.25) is 0 Å². The Kier molecular flexibility index (Phi) is 16.4. The highest BCUT2D eigenvalue weighted by molar-refractivity contribution is 7.94. The summed E-state index contributed by atoms with van der Waals surface area (Å²) in [6.45, 7) is 2.19. The van der Waals surface area contributed by atoms with E-state index in [1.54, 1.807) is 12.1 Å². The molecule has 252 valence electrons. The molecule has 0 amide bonds. The van der Waals surface area contributed by atoms with Crippen LogP contribution < -0.4 is 4.90 Å². The largest absolute Gasteiger partial charge is 0.481 e. The van der Waals surface area contributed by atoms with Crippen molar-refractivity contribution < 1.29 is 63.2 Å². The number of carboxylic acids is 2. The molecule has 2 aliphatic carbocycles. The highest BCUT2D eigenvalue weighted by atomic mass is 32.2. The van der Waals surface area contributed by atoms with Gasteiger partial charge in [0, 0.05) is 91.7 Å². The third-order valence-corrected chi connectivity index (χ3v) is 8.83. The van der Waals surface area contributed by atoms with Crippen molar-refractivity contribution in [1.82, 2.24) is 0 Å². The number of carboxylic acid groups (broad SMARTS) is 2. The molecule has 16 heteroatoms. The van der Waals surface area contributed by atoms with Crippen LogP contribution >= 0.6 is 24.1 Å². The van der Waals surface area contributed by atoms with Gasteiger partial charge in [0.25, 0.3) is 0 Å². The lowest BCUT2D eigenvalue weighted by atomic mass is 9.63. The van der Waals surface area contributed by atoms with Crippen LogP contribution in [0.3, 0.4) is 0 Å². The summed E-state index contributed by atoms with van der Waals surface area (Å²) in [6, 6.07) is 7.17. The van der Waals surface area contributed by atoms with E-state index in [2.05, 4.69) is 18.7 Å². The number of nitrogens with zero attached hydrogens (tertiary/aromatic N) is 2. The van der Waals surface area contributed by atoms with Crippen molar-refractivity contribution in [2.75, 3.05) is 42.6 Å². The molecule has 4 N–H and O–H groups in total. The summed E-state index contributed by atoms with van der Waals surface area (Å²) in [4.78, 5) is 50.5. The first-order chi connectivity index (χ1) is 22.3. The summed E-state index contributed by atoms with van der Waals surface area (Å²) in [5.74, 6) is -2.99. The Morgan fingerprint density at radius 1 is 0.783 bits per heavy atom. The number of aliphatic carboxylic acids is 2. The number of anilines is 1. The minimum atomic E-state index is -0.878. The standard InChI is InChI=1S/C30H38N2O12S2/c33-25(34)5-1-15-31(17-3-19-45-43-41-39)23-11-7-21(8-12-23)27-29(37)28(30(27)38)22-9-13-24(14-10-22)32(16-2-6-26(35)36)18-4-20-46-44-42-40/h7-14,21,27-28H,1-6,15-20H2,(H3-,33,34,35,36,39,40)/p+1. The van der Waals surface area contributed by atoms with E-state index in [1.165, 1.54) is 0 Å². The molecule has 0 saturated heterocycles. The van der Waals surface area contributed by atoms with E-state index in [9.17, 15) is 19.2 Å². The van der Waals surface area contributed by atoms with E-state index in [-0.39, 0.29) is 30.3 Å². The van der Waals surface area contributed by atoms with Crippen molar-refractivity contribution in [3.8, 4) is 0 Å². The van der Waals surface area contributed by atoms with Gasteiger partial charge in [0.1, 0.15) is 19.0 Å². The zero-order valence-corrected chi connectivity index (χ0v) is 26.7. The minimum Gasteiger partial charge on any atom is -0.481 e. The molecule has 3 rings (SSSR count). The van der Waals surface area contributed by atoms with Gasteiger partial charge < -0.3 is 15.1 Å². The first kappa shape index (κ1) is 37.4. The molecule has 46 heavy (non-hydrogen) atoms. The Morgan fingerprint density at radius 3 is 1.91 bits per heavy atom. The second-order valence-corrected chi connectivity index (χ2v) is 12.2. The molecule has 2 aliphatic rings. The van der Waals surface area contributed by atoms with Gasteiger partial charge in [-0.3, -0.25) is 19.2 Å². The van der Waals surface area contributed by atoms with Gasteiger partial charge in [-0.1, -0.05) is 34.4 Å². The summed E-state index contributed by atoms with van der Waals surface area (Å²) < 4.78 is 10.8. The predicted octanol–water partition coefficient (Wildman–Crippen LogP) is 4.19. The highest BCUT2D eigenvalue weighted by Gasteiger charge is 2.52. The predicted molar refractivity (Wildman–Crippen MR) is 169 cm³/mol. The smallest absolute Gasteiger partial charge is 0.303 e. The average Bonchev–Trinajstić information content (AvgIpc) is 3.03. The number of benzene rings is 1. The molecule has 1 aromatic carbocycles. The zero-order chi connectivity index (χ0) is 33.3. The number of carbonyl (C=O) groups excluding carboxylic acids is 2. The van der Waals surface area contributed by atoms with Crippen LogP contribution in [-0.4, -0.2) is 92.2 Å². The van der Waals surface area contributed by atoms with Crippen molar-refractivity contribution in [2.24, 2.45) is 11.8 Å². The number of carbonyl (C=O) groups is 4. The summed E-state index contributed by atoms with van der Waals surface area (Å²) in [6.07, 6.45) is 9.66. The van der Waals surface area contributed by atoms with Gasteiger partial charge in [-0.25, -0.2) is 15.1 Å². The fraction of sp³-hybridized carbons (Fsp3) is 0.500. The van der Waals surface area contributed by atoms with Crippen LogP contribution in [0, 0.1) is 11.8 Å². The van der Waals surface area contributed by atoms with Gasteiger partial charge in [-0.05, 0) is 30.5 Å². The Balaban J connectivity index is 1.62. The van der Waals surface area contributed by atoms with Crippen LogP contribution in [0.4, 0.5) is 5.69 Å². The molecular formula is C30H39N2O12S2+.